The summed E-state index contributed by atoms with van der Waals surface area (Å²) in [6, 6.07) is 14.5. The van der Waals surface area contributed by atoms with Crippen molar-refractivity contribution >= 4 is 40.4 Å². The quantitative estimate of drug-likeness (QED) is 0.618. The van der Waals surface area contributed by atoms with Gasteiger partial charge in [-0.05, 0) is 25.1 Å². The zero-order chi connectivity index (χ0) is 20.3. The molecule has 0 unspecified atom stereocenters. The highest BCUT2D eigenvalue weighted by Gasteiger charge is 2.17. The number of ketones is 1. The number of carbonyl (C=O) groups excluding carboxylic acids is 1. The van der Waals surface area contributed by atoms with Crippen LogP contribution in [0, 0.1) is 17.1 Å². The number of benzene rings is 2. The molecule has 4 nitrogen and oxygen atoms in total. The smallest absolute Gasteiger partial charge is 0.269 e. The van der Waals surface area contributed by atoms with Crippen LogP contribution < -0.4 is 14.8 Å². The molecule has 1 heterocycles. The van der Waals surface area contributed by atoms with Gasteiger partial charge in [0, 0.05) is 17.7 Å². The van der Waals surface area contributed by atoms with Crippen LogP contribution in [0.2, 0.25) is 5.02 Å². The molecule has 0 N–H and O–H groups in total. The zero-order valence-electron chi connectivity index (χ0n) is 14.8. The van der Waals surface area contributed by atoms with Crippen molar-refractivity contribution < 1.29 is 9.18 Å². The van der Waals surface area contributed by atoms with Gasteiger partial charge in [0.2, 0.25) is 5.78 Å². The molecule has 28 heavy (non-hydrogen) atoms. The fraction of sp³-hybridized carbons (Fsp3) is 0.0952. The van der Waals surface area contributed by atoms with Crippen LogP contribution in [0.15, 0.2) is 53.3 Å². The van der Waals surface area contributed by atoms with Crippen molar-refractivity contribution in [3.63, 3.8) is 0 Å². The Hall–Kier alpha value is -3.01. The van der Waals surface area contributed by atoms with Crippen molar-refractivity contribution in [2.45, 2.75) is 13.5 Å². The molecule has 140 valence electrons. The van der Waals surface area contributed by atoms with Crippen LogP contribution in [-0.2, 0) is 6.54 Å². The van der Waals surface area contributed by atoms with Gasteiger partial charge in [-0.25, -0.2) is 4.39 Å². The molecule has 7 heteroatoms. The second-order valence-electron chi connectivity index (χ2n) is 5.78. The highest BCUT2D eigenvalue weighted by molar-refractivity contribution is 7.07. The fourth-order valence-electron chi connectivity index (χ4n) is 2.70. The zero-order valence-corrected chi connectivity index (χ0v) is 16.4. The maximum atomic E-state index is 14.1. The van der Waals surface area contributed by atoms with Gasteiger partial charge in [-0.1, -0.05) is 48.0 Å². The lowest BCUT2D eigenvalue weighted by molar-refractivity contribution is 0.105. The molecule has 0 aliphatic rings. The lowest BCUT2D eigenvalue weighted by Crippen LogP contribution is -2.32. The summed E-state index contributed by atoms with van der Waals surface area (Å²) < 4.78 is 15.9. The third-order valence-corrected chi connectivity index (χ3v) is 5.55. The number of halogens is 2. The Labute approximate surface area is 169 Å². The van der Waals surface area contributed by atoms with E-state index >= 15 is 0 Å². The Bertz CT molecular complexity index is 1250. The predicted molar refractivity (Wildman–Crippen MR) is 108 cm³/mol. The van der Waals surface area contributed by atoms with E-state index in [-0.39, 0.29) is 31.9 Å². The van der Waals surface area contributed by atoms with Crippen molar-refractivity contribution in [1.82, 2.24) is 4.57 Å². The van der Waals surface area contributed by atoms with Gasteiger partial charge in [-0.3, -0.25) is 14.2 Å². The first-order valence-electron chi connectivity index (χ1n) is 8.37. The SMILES string of the molecule is CCn1c(=O)/c(=C/c2c(F)cccc2Cl)s/c1=C(\C#N)C(=O)c1ccccc1. The van der Waals surface area contributed by atoms with E-state index in [1.165, 1.54) is 28.8 Å². The van der Waals surface area contributed by atoms with Crippen LogP contribution in [0.1, 0.15) is 22.8 Å². The van der Waals surface area contributed by atoms with Crippen molar-refractivity contribution in [3.05, 3.63) is 90.0 Å². The number of nitriles is 1. The van der Waals surface area contributed by atoms with Gasteiger partial charge < -0.3 is 0 Å². The molecule has 2 aromatic carbocycles. The molecule has 0 saturated carbocycles. The molecule has 0 radical (unpaired) electrons. The topological polar surface area (TPSA) is 62.9 Å². The lowest BCUT2D eigenvalue weighted by atomic mass is 10.1. The van der Waals surface area contributed by atoms with Crippen molar-refractivity contribution in [2.24, 2.45) is 0 Å². The first-order chi connectivity index (χ1) is 13.5. The van der Waals surface area contributed by atoms with E-state index in [2.05, 4.69) is 0 Å². The molecule has 0 bridgehead atoms. The number of thiazole rings is 1. The van der Waals surface area contributed by atoms with Crippen molar-refractivity contribution in [2.75, 3.05) is 0 Å². The number of nitrogens with zero attached hydrogens (tertiary/aromatic N) is 2. The number of hydrogen-bond donors (Lipinski definition) is 0. The van der Waals surface area contributed by atoms with Gasteiger partial charge in [0.05, 0.1) is 9.55 Å². The van der Waals surface area contributed by atoms with E-state index in [1.807, 2.05) is 6.07 Å². The third kappa shape index (κ3) is 3.68. The number of Topliss-reactive ketones (excluding diaryl/α,β-unsaturated/α-hetero) is 1. The second-order valence-corrected chi connectivity index (χ2v) is 7.22. The van der Waals surface area contributed by atoms with Gasteiger partial charge in [0.15, 0.2) is 0 Å². The molecule has 0 saturated heterocycles. The summed E-state index contributed by atoms with van der Waals surface area (Å²) in [5, 5.41) is 9.77. The summed E-state index contributed by atoms with van der Waals surface area (Å²) in [5.41, 5.74) is -0.0969. The Morgan fingerprint density at radius 2 is 1.96 bits per heavy atom. The standard InChI is InChI=1S/C21H14ClFN2O2S/c1-2-25-20(27)18(11-14-16(22)9-6-10-17(14)23)28-21(25)15(12-24)19(26)13-7-4-3-5-8-13/h3-11H,2H2,1H3/b18-11-,21-15+. The van der Waals surface area contributed by atoms with Gasteiger partial charge in [-0.15, -0.1) is 11.3 Å². The fourth-order valence-corrected chi connectivity index (χ4v) is 4.06. The molecule has 0 amide bonds. The van der Waals surface area contributed by atoms with Crippen molar-refractivity contribution in [3.8, 4) is 6.07 Å². The van der Waals surface area contributed by atoms with Crippen LogP contribution in [0.4, 0.5) is 4.39 Å². The molecule has 0 spiro atoms. The Balaban J connectivity index is 2.32. The summed E-state index contributed by atoms with van der Waals surface area (Å²) >= 11 is 7.01. The maximum absolute atomic E-state index is 14.1. The van der Waals surface area contributed by atoms with Crippen LogP contribution in [0.25, 0.3) is 11.6 Å². The molecule has 0 atom stereocenters. The Kier molecular flexibility index (Phi) is 5.88. The van der Waals surface area contributed by atoms with Gasteiger partial charge >= 0.3 is 0 Å². The summed E-state index contributed by atoms with van der Waals surface area (Å²) in [6.45, 7) is 2.00. The average Bonchev–Trinajstić information content (AvgIpc) is 3.01. The monoisotopic (exact) mass is 412 g/mol. The maximum Gasteiger partial charge on any atom is 0.269 e. The normalized spacial score (nSPS) is 12.6. The molecular weight excluding hydrogens is 399 g/mol. The summed E-state index contributed by atoms with van der Waals surface area (Å²) in [6.07, 6.45) is 1.35. The summed E-state index contributed by atoms with van der Waals surface area (Å²) in [5.74, 6) is -1.03. The number of carbonyl (C=O) groups is 1. The minimum absolute atomic E-state index is 0.0882. The number of hydrogen-bond acceptors (Lipinski definition) is 4. The Morgan fingerprint density at radius 3 is 2.57 bits per heavy atom. The second kappa shape index (κ2) is 8.34. The van der Waals surface area contributed by atoms with E-state index in [0.717, 1.165) is 11.3 Å². The molecule has 0 fully saturated rings. The molecule has 0 aliphatic heterocycles. The first-order valence-corrected chi connectivity index (χ1v) is 9.57. The van der Waals surface area contributed by atoms with E-state index in [9.17, 15) is 19.2 Å². The average molecular weight is 413 g/mol. The molecular formula is C21H14ClFN2O2S. The summed E-state index contributed by atoms with van der Waals surface area (Å²) in [4.78, 5) is 25.5. The van der Waals surface area contributed by atoms with Crippen LogP contribution >= 0.6 is 22.9 Å². The highest BCUT2D eigenvalue weighted by atomic mass is 35.5. The largest absolute Gasteiger partial charge is 0.298 e. The molecule has 3 aromatic rings. The van der Waals surface area contributed by atoms with Crippen LogP contribution in [-0.4, -0.2) is 10.4 Å². The minimum Gasteiger partial charge on any atom is -0.298 e. The third-order valence-electron chi connectivity index (χ3n) is 4.09. The number of rotatable bonds is 4. The van der Waals surface area contributed by atoms with Crippen molar-refractivity contribution in [1.29, 1.82) is 5.26 Å². The molecule has 1 aromatic heterocycles. The number of aromatic nitrogens is 1. The highest BCUT2D eigenvalue weighted by Crippen LogP contribution is 2.19. The molecule has 3 rings (SSSR count). The van der Waals surface area contributed by atoms with E-state index in [0.29, 0.717) is 5.56 Å². The van der Waals surface area contributed by atoms with Gasteiger partial charge in [-0.2, -0.15) is 5.26 Å². The predicted octanol–water partition coefficient (Wildman–Crippen LogP) is 3.11. The van der Waals surface area contributed by atoms with Crippen LogP contribution in [0.5, 0.6) is 0 Å². The van der Waals surface area contributed by atoms with Crippen LogP contribution in [0.3, 0.4) is 0 Å². The minimum atomic E-state index is -0.560. The Morgan fingerprint density at radius 1 is 1.25 bits per heavy atom. The summed E-state index contributed by atoms with van der Waals surface area (Å²) in [7, 11) is 0. The van der Waals surface area contributed by atoms with Gasteiger partial charge in [0.1, 0.15) is 22.1 Å². The lowest BCUT2D eigenvalue weighted by Gasteiger charge is -2.00. The van der Waals surface area contributed by atoms with E-state index < -0.39 is 17.2 Å². The van der Waals surface area contributed by atoms with E-state index in [4.69, 9.17) is 11.6 Å². The first kappa shape index (κ1) is 19.7. The van der Waals surface area contributed by atoms with E-state index in [1.54, 1.807) is 37.3 Å². The molecule has 0 aliphatic carbocycles. The van der Waals surface area contributed by atoms with Gasteiger partial charge in [0.25, 0.3) is 5.56 Å².